The summed E-state index contributed by atoms with van der Waals surface area (Å²) in [6, 6.07) is 7.15. The van der Waals surface area contributed by atoms with Crippen LogP contribution in [-0.4, -0.2) is 38.9 Å². The van der Waals surface area contributed by atoms with E-state index in [0.29, 0.717) is 12.3 Å². The molecule has 0 saturated heterocycles. The Bertz CT molecular complexity index is 526. The van der Waals surface area contributed by atoms with Crippen molar-refractivity contribution in [3.63, 3.8) is 0 Å². The molecule has 0 aliphatic carbocycles. The normalized spacial score (nSPS) is 14.2. The summed E-state index contributed by atoms with van der Waals surface area (Å²) in [6.07, 6.45) is -0.740. The Labute approximate surface area is 135 Å². The smallest absolute Gasteiger partial charge is 0.314 e. The summed E-state index contributed by atoms with van der Waals surface area (Å²) in [4.78, 5) is 11.7. The lowest BCUT2D eigenvalue weighted by molar-refractivity contribution is 0.172. The molecule has 2 unspecified atom stereocenters. The van der Waals surface area contributed by atoms with Gasteiger partial charge in [-0.05, 0) is 38.8 Å². The molecule has 5 nitrogen and oxygen atoms in total. The fourth-order valence-corrected chi connectivity index (χ4v) is 2.79. The molecule has 2 atom stereocenters. The zero-order chi connectivity index (χ0) is 16.8. The van der Waals surface area contributed by atoms with E-state index in [-0.39, 0.29) is 17.3 Å². The molecule has 0 heterocycles. The lowest BCUT2D eigenvalue weighted by atomic mass is 10.0. The first kappa shape index (κ1) is 18.6. The summed E-state index contributed by atoms with van der Waals surface area (Å²) in [7, 11) is -0.991. The van der Waals surface area contributed by atoms with Gasteiger partial charge in [0.25, 0.3) is 0 Å². The third kappa shape index (κ3) is 6.15. The first-order valence-electron chi connectivity index (χ1n) is 7.35. The second-order valence-electron chi connectivity index (χ2n) is 6.17. The minimum Gasteiger partial charge on any atom is -0.387 e. The van der Waals surface area contributed by atoms with Gasteiger partial charge >= 0.3 is 6.03 Å². The Morgan fingerprint density at radius 1 is 1.27 bits per heavy atom. The fourth-order valence-electron chi connectivity index (χ4n) is 1.89. The minimum atomic E-state index is -0.991. The number of benzene rings is 1. The molecule has 2 amide bonds. The minimum absolute atomic E-state index is 0.138. The Balaban J connectivity index is 2.32. The number of hydrogen-bond acceptors (Lipinski definition) is 3. The molecule has 22 heavy (non-hydrogen) atoms. The largest absolute Gasteiger partial charge is 0.387 e. The lowest BCUT2D eigenvalue weighted by Gasteiger charge is -2.18. The van der Waals surface area contributed by atoms with Gasteiger partial charge in [0.1, 0.15) is 0 Å². The molecule has 0 radical (unpaired) electrons. The van der Waals surface area contributed by atoms with Gasteiger partial charge in [-0.3, -0.25) is 4.21 Å². The molecule has 0 aromatic heterocycles. The van der Waals surface area contributed by atoms with Gasteiger partial charge in [-0.2, -0.15) is 0 Å². The van der Waals surface area contributed by atoms with Crippen LogP contribution in [0.5, 0.6) is 0 Å². The number of aliphatic hydroxyl groups excluding tert-OH is 1. The maximum absolute atomic E-state index is 11.8. The van der Waals surface area contributed by atoms with E-state index in [4.69, 9.17) is 0 Å². The van der Waals surface area contributed by atoms with E-state index < -0.39 is 16.9 Å². The quantitative estimate of drug-likeness (QED) is 0.747. The topological polar surface area (TPSA) is 78.4 Å². The van der Waals surface area contributed by atoms with Crippen molar-refractivity contribution in [2.75, 3.05) is 18.8 Å². The summed E-state index contributed by atoms with van der Waals surface area (Å²) in [5.41, 5.74) is 1.79. The zero-order valence-corrected chi connectivity index (χ0v) is 14.5. The summed E-state index contributed by atoms with van der Waals surface area (Å²) in [5, 5.41) is 15.4. The number of carbonyl (C=O) groups excluding carboxylic acids is 1. The third-order valence-electron chi connectivity index (χ3n) is 3.26. The van der Waals surface area contributed by atoms with Crippen LogP contribution in [-0.2, 0) is 10.8 Å². The predicted molar refractivity (Wildman–Crippen MR) is 90.3 cm³/mol. The molecule has 6 heteroatoms. The number of nitrogens with one attached hydrogen (secondary N) is 2. The molecule has 0 fully saturated rings. The summed E-state index contributed by atoms with van der Waals surface area (Å²) in [5.74, 6) is 0.414. The van der Waals surface area contributed by atoms with Crippen LogP contribution in [0, 0.1) is 6.92 Å². The van der Waals surface area contributed by atoms with Gasteiger partial charge in [0, 0.05) is 34.4 Å². The number of rotatable bonds is 6. The van der Waals surface area contributed by atoms with Gasteiger partial charge < -0.3 is 15.7 Å². The van der Waals surface area contributed by atoms with E-state index in [9.17, 15) is 14.1 Å². The van der Waals surface area contributed by atoms with Crippen LogP contribution in [0.1, 0.15) is 38.0 Å². The molecule has 0 spiro atoms. The van der Waals surface area contributed by atoms with Gasteiger partial charge in [0.15, 0.2) is 0 Å². The molecular formula is C16H26N2O3S. The summed E-state index contributed by atoms with van der Waals surface area (Å²) >= 11 is 0. The van der Waals surface area contributed by atoms with Gasteiger partial charge in [0.05, 0.1) is 6.10 Å². The Hall–Kier alpha value is -1.40. The molecule has 1 aromatic rings. The SMILES string of the molecule is Cc1ccccc1C(O)CNC(=O)NCCS(=O)C(C)(C)C. The van der Waals surface area contributed by atoms with E-state index in [1.807, 2.05) is 52.0 Å². The van der Waals surface area contributed by atoms with Crippen LogP contribution in [0.3, 0.4) is 0 Å². The molecule has 0 aliphatic rings. The highest BCUT2D eigenvalue weighted by atomic mass is 32.2. The summed E-state index contributed by atoms with van der Waals surface area (Å²) in [6.45, 7) is 8.11. The lowest BCUT2D eigenvalue weighted by Crippen LogP contribution is -2.40. The van der Waals surface area contributed by atoms with Crippen LogP contribution in [0.2, 0.25) is 0 Å². The molecule has 1 rings (SSSR count). The van der Waals surface area contributed by atoms with E-state index in [0.717, 1.165) is 11.1 Å². The van der Waals surface area contributed by atoms with Crippen molar-refractivity contribution in [3.05, 3.63) is 35.4 Å². The van der Waals surface area contributed by atoms with Crippen LogP contribution in [0.4, 0.5) is 4.79 Å². The summed E-state index contributed by atoms with van der Waals surface area (Å²) < 4.78 is 11.6. The second-order valence-corrected chi connectivity index (χ2v) is 8.50. The van der Waals surface area contributed by atoms with Gasteiger partial charge in [-0.15, -0.1) is 0 Å². The average Bonchev–Trinajstić information content (AvgIpc) is 2.44. The van der Waals surface area contributed by atoms with Crippen LogP contribution >= 0.6 is 0 Å². The van der Waals surface area contributed by atoms with Crippen molar-refractivity contribution in [1.82, 2.24) is 10.6 Å². The molecule has 124 valence electrons. The highest BCUT2D eigenvalue weighted by molar-refractivity contribution is 7.86. The number of aryl methyl sites for hydroxylation is 1. The molecule has 0 aliphatic heterocycles. The van der Waals surface area contributed by atoms with Crippen molar-refractivity contribution in [2.24, 2.45) is 0 Å². The predicted octanol–water partition coefficient (Wildman–Crippen LogP) is 1.87. The Morgan fingerprint density at radius 3 is 2.50 bits per heavy atom. The highest BCUT2D eigenvalue weighted by Gasteiger charge is 2.19. The van der Waals surface area contributed by atoms with E-state index in [2.05, 4.69) is 10.6 Å². The fraction of sp³-hybridized carbons (Fsp3) is 0.562. The number of hydrogen-bond donors (Lipinski definition) is 3. The van der Waals surface area contributed by atoms with Crippen LogP contribution in [0.25, 0.3) is 0 Å². The Morgan fingerprint density at radius 2 is 1.91 bits per heavy atom. The van der Waals surface area contributed by atoms with Crippen molar-refractivity contribution in [2.45, 2.75) is 38.5 Å². The van der Waals surface area contributed by atoms with E-state index >= 15 is 0 Å². The maximum Gasteiger partial charge on any atom is 0.314 e. The first-order chi connectivity index (χ1) is 10.2. The maximum atomic E-state index is 11.8. The van der Waals surface area contributed by atoms with Crippen molar-refractivity contribution in [3.8, 4) is 0 Å². The Kier molecular flexibility index (Phi) is 7.03. The standard InChI is InChI=1S/C16H26N2O3S/c1-12-7-5-6-8-13(12)14(19)11-18-15(20)17-9-10-22(21)16(2,3)4/h5-8,14,19H,9-11H2,1-4H3,(H2,17,18,20). The van der Waals surface area contributed by atoms with Crippen molar-refractivity contribution < 1.29 is 14.1 Å². The zero-order valence-electron chi connectivity index (χ0n) is 13.7. The number of carbonyl (C=O) groups is 1. The highest BCUT2D eigenvalue weighted by Crippen LogP contribution is 2.16. The van der Waals surface area contributed by atoms with Crippen LogP contribution < -0.4 is 10.6 Å². The van der Waals surface area contributed by atoms with Gasteiger partial charge in [-0.25, -0.2) is 4.79 Å². The van der Waals surface area contributed by atoms with E-state index in [1.165, 1.54) is 0 Å². The first-order valence-corrected chi connectivity index (χ1v) is 8.67. The second kappa shape index (κ2) is 8.29. The number of urea groups is 1. The number of amides is 2. The van der Waals surface area contributed by atoms with Crippen LogP contribution in [0.15, 0.2) is 24.3 Å². The third-order valence-corrected chi connectivity index (χ3v) is 5.20. The van der Waals surface area contributed by atoms with E-state index in [1.54, 1.807) is 0 Å². The average molecular weight is 326 g/mol. The molecule has 0 bridgehead atoms. The monoisotopic (exact) mass is 326 g/mol. The molecule has 0 saturated carbocycles. The van der Waals surface area contributed by atoms with Crippen molar-refractivity contribution >= 4 is 16.8 Å². The van der Waals surface area contributed by atoms with Crippen molar-refractivity contribution in [1.29, 1.82) is 0 Å². The molecular weight excluding hydrogens is 300 g/mol. The molecule has 1 aromatic carbocycles. The van der Waals surface area contributed by atoms with Gasteiger partial charge in [-0.1, -0.05) is 24.3 Å². The number of aliphatic hydroxyl groups is 1. The molecule has 3 N–H and O–H groups in total. The van der Waals surface area contributed by atoms with Gasteiger partial charge in [0.2, 0.25) is 0 Å².